The first kappa shape index (κ1) is 6.71. The third-order valence-electron chi connectivity index (χ3n) is 1.37. The van der Waals surface area contributed by atoms with Gasteiger partial charge in [-0.2, -0.15) is 5.10 Å². The molecule has 0 amide bonds. The van der Waals surface area contributed by atoms with Crippen LogP contribution in [0.4, 0.5) is 0 Å². The molecule has 0 fully saturated rings. The number of carboxylic acids is 1. The lowest BCUT2D eigenvalue weighted by molar-refractivity contribution is 0.0690. The van der Waals surface area contributed by atoms with Gasteiger partial charge in [0.1, 0.15) is 12.7 Å². The monoisotopic (exact) mass is 164 g/mol. The van der Waals surface area contributed by atoms with E-state index in [0.717, 1.165) is 0 Å². The number of aromatic nitrogens is 4. The fraction of sp³-hybridized carbons (Fsp3) is 0. The lowest BCUT2D eigenvalue weighted by Gasteiger charge is -1.85. The van der Waals surface area contributed by atoms with E-state index >= 15 is 0 Å². The van der Waals surface area contributed by atoms with Gasteiger partial charge in [0.05, 0.1) is 0 Å². The molecule has 12 heavy (non-hydrogen) atoms. The van der Waals surface area contributed by atoms with Crippen LogP contribution in [0.2, 0.25) is 0 Å². The van der Waals surface area contributed by atoms with E-state index in [4.69, 9.17) is 5.11 Å². The maximum absolute atomic E-state index is 10.4. The SMILES string of the molecule is O=C(O)c1cc2ncncn2n1. The maximum atomic E-state index is 10.4. The lowest BCUT2D eigenvalue weighted by atomic mass is 10.4. The minimum atomic E-state index is -1.07. The minimum Gasteiger partial charge on any atom is -0.476 e. The summed E-state index contributed by atoms with van der Waals surface area (Å²) in [6, 6.07) is 1.38. The molecule has 2 aromatic heterocycles. The van der Waals surface area contributed by atoms with E-state index in [9.17, 15) is 4.79 Å². The Morgan fingerprint density at radius 2 is 2.42 bits per heavy atom. The van der Waals surface area contributed by atoms with Gasteiger partial charge in [0.2, 0.25) is 0 Å². The number of carbonyl (C=O) groups is 1. The van der Waals surface area contributed by atoms with Gasteiger partial charge in [-0.3, -0.25) is 0 Å². The molecular weight excluding hydrogens is 160 g/mol. The molecule has 2 rings (SSSR count). The zero-order valence-corrected chi connectivity index (χ0v) is 5.88. The van der Waals surface area contributed by atoms with E-state index in [1.165, 1.54) is 23.2 Å². The molecule has 0 radical (unpaired) electrons. The van der Waals surface area contributed by atoms with Crippen molar-refractivity contribution in [1.29, 1.82) is 0 Å². The van der Waals surface area contributed by atoms with E-state index in [2.05, 4.69) is 15.1 Å². The molecule has 6 nitrogen and oxygen atoms in total. The Morgan fingerprint density at radius 3 is 3.08 bits per heavy atom. The number of carboxylic acid groups (broad SMARTS) is 1. The first-order chi connectivity index (χ1) is 5.77. The van der Waals surface area contributed by atoms with Crippen molar-refractivity contribution in [1.82, 2.24) is 19.6 Å². The zero-order valence-electron chi connectivity index (χ0n) is 5.88. The first-order valence-electron chi connectivity index (χ1n) is 3.16. The van der Waals surface area contributed by atoms with Crippen LogP contribution in [0, 0.1) is 0 Å². The minimum absolute atomic E-state index is 0.0319. The number of nitrogens with zero attached hydrogens (tertiary/aromatic N) is 4. The van der Waals surface area contributed by atoms with Gasteiger partial charge in [-0.15, -0.1) is 0 Å². The normalized spacial score (nSPS) is 10.3. The topological polar surface area (TPSA) is 80.4 Å². The molecule has 6 heteroatoms. The van der Waals surface area contributed by atoms with Gasteiger partial charge >= 0.3 is 5.97 Å². The molecular formula is C6H4N4O2. The van der Waals surface area contributed by atoms with Gasteiger partial charge in [0.15, 0.2) is 11.3 Å². The summed E-state index contributed by atoms with van der Waals surface area (Å²) in [4.78, 5) is 17.9. The van der Waals surface area contributed by atoms with Gasteiger partial charge in [0.25, 0.3) is 0 Å². The van der Waals surface area contributed by atoms with E-state index in [1.54, 1.807) is 0 Å². The molecule has 0 aromatic carbocycles. The Kier molecular flexibility index (Phi) is 1.26. The molecule has 0 saturated carbocycles. The summed E-state index contributed by atoms with van der Waals surface area (Å²) in [6.45, 7) is 0. The highest BCUT2D eigenvalue weighted by molar-refractivity contribution is 5.86. The molecule has 0 bridgehead atoms. The highest BCUT2D eigenvalue weighted by Crippen LogP contribution is 2.00. The molecule has 0 unspecified atom stereocenters. The van der Waals surface area contributed by atoms with Crippen molar-refractivity contribution in [3.05, 3.63) is 24.4 Å². The molecule has 0 aliphatic heterocycles. The van der Waals surface area contributed by atoms with Crippen molar-refractivity contribution in [3.63, 3.8) is 0 Å². The highest BCUT2D eigenvalue weighted by atomic mass is 16.4. The second kappa shape index (κ2) is 2.26. The maximum Gasteiger partial charge on any atom is 0.356 e. The van der Waals surface area contributed by atoms with Gasteiger partial charge in [-0.05, 0) is 0 Å². The molecule has 2 aromatic rings. The van der Waals surface area contributed by atoms with Crippen LogP contribution < -0.4 is 0 Å². The van der Waals surface area contributed by atoms with E-state index < -0.39 is 5.97 Å². The summed E-state index contributed by atoms with van der Waals surface area (Å²) < 4.78 is 1.31. The third-order valence-corrected chi connectivity index (χ3v) is 1.37. The number of hydrogen-bond acceptors (Lipinski definition) is 4. The Hall–Kier alpha value is -1.98. The van der Waals surface area contributed by atoms with Crippen LogP contribution in [0.15, 0.2) is 18.7 Å². The number of rotatable bonds is 1. The molecule has 60 valence electrons. The Balaban J connectivity index is 2.70. The van der Waals surface area contributed by atoms with Crippen LogP contribution in [0.25, 0.3) is 5.65 Å². The molecule has 0 spiro atoms. The zero-order chi connectivity index (χ0) is 8.55. The van der Waals surface area contributed by atoms with Crippen molar-refractivity contribution < 1.29 is 9.90 Å². The van der Waals surface area contributed by atoms with Crippen molar-refractivity contribution in [2.75, 3.05) is 0 Å². The van der Waals surface area contributed by atoms with E-state index in [1.807, 2.05) is 0 Å². The van der Waals surface area contributed by atoms with Crippen molar-refractivity contribution in [2.45, 2.75) is 0 Å². The Bertz CT molecular complexity index is 403. The number of aromatic carboxylic acids is 1. The van der Waals surface area contributed by atoms with Crippen LogP contribution in [-0.2, 0) is 0 Å². The lowest BCUT2D eigenvalue weighted by Crippen LogP contribution is -1.97. The summed E-state index contributed by atoms with van der Waals surface area (Å²) in [5.74, 6) is -1.07. The average Bonchev–Trinajstić information content (AvgIpc) is 2.46. The van der Waals surface area contributed by atoms with Crippen LogP contribution >= 0.6 is 0 Å². The van der Waals surface area contributed by atoms with Gasteiger partial charge in [-0.1, -0.05) is 0 Å². The summed E-state index contributed by atoms with van der Waals surface area (Å²) >= 11 is 0. The van der Waals surface area contributed by atoms with Crippen molar-refractivity contribution in [2.24, 2.45) is 0 Å². The fourth-order valence-corrected chi connectivity index (χ4v) is 0.856. The second-order valence-electron chi connectivity index (χ2n) is 2.15. The standard InChI is InChI=1S/C6H4N4O2/c11-6(12)4-1-5-8-2-7-3-10(5)9-4/h1-3H,(H,11,12). The second-order valence-corrected chi connectivity index (χ2v) is 2.15. The van der Waals surface area contributed by atoms with Crippen molar-refractivity contribution in [3.8, 4) is 0 Å². The number of fused-ring (bicyclic) bond motifs is 1. The summed E-state index contributed by atoms with van der Waals surface area (Å²) in [5, 5.41) is 12.3. The Labute approximate surface area is 66.5 Å². The smallest absolute Gasteiger partial charge is 0.356 e. The van der Waals surface area contributed by atoms with Crippen LogP contribution in [0.3, 0.4) is 0 Å². The van der Waals surface area contributed by atoms with E-state index in [-0.39, 0.29) is 5.69 Å². The molecule has 0 aliphatic carbocycles. The predicted octanol–water partition coefficient (Wildman–Crippen LogP) is -0.177. The van der Waals surface area contributed by atoms with Crippen LogP contribution in [0.5, 0.6) is 0 Å². The van der Waals surface area contributed by atoms with Gasteiger partial charge in [0, 0.05) is 6.07 Å². The molecule has 0 atom stereocenters. The summed E-state index contributed by atoms with van der Waals surface area (Å²) in [6.07, 6.45) is 2.73. The van der Waals surface area contributed by atoms with Crippen LogP contribution in [-0.4, -0.2) is 30.7 Å². The van der Waals surface area contributed by atoms with Crippen LogP contribution in [0.1, 0.15) is 10.5 Å². The predicted molar refractivity (Wildman–Crippen MR) is 37.7 cm³/mol. The summed E-state index contributed by atoms with van der Waals surface area (Å²) in [5.41, 5.74) is 0.443. The molecule has 1 N–H and O–H groups in total. The summed E-state index contributed by atoms with van der Waals surface area (Å²) in [7, 11) is 0. The average molecular weight is 164 g/mol. The fourth-order valence-electron chi connectivity index (χ4n) is 0.856. The van der Waals surface area contributed by atoms with Gasteiger partial charge < -0.3 is 5.11 Å². The molecule has 0 saturated heterocycles. The highest BCUT2D eigenvalue weighted by Gasteiger charge is 2.08. The molecule has 2 heterocycles. The number of hydrogen-bond donors (Lipinski definition) is 1. The Morgan fingerprint density at radius 1 is 1.58 bits per heavy atom. The van der Waals surface area contributed by atoms with Gasteiger partial charge in [-0.25, -0.2) is 19.3 Å². The molecule has 0 aliphatic rings. The largest absolute Gasteiger partial charge is 0.476 e. The quantitative estimate of drug-likeness (QED) is 0.632. The first-order valence-corrected chi connectivity index (χ1v) is 3.16. The van der Waals surface area contributed by atoms with Crippen molar-refractivity contribution >= 4 is 11.6 Å². The van der Waals surface area contributed by atoms with E-state index in [0.29, 0.717) is 5.65 Å². The third kappa shape index (κ3) is 0.895.